The second-order valence-corrected chi connectivity index (χ2v) is 7.39. The number of ether oxygens (including phenoxy) is 1. The van der Waals surface area contributed by atoms with E-state index in [2.05, 4.69) is 0 Å². The number of hydrogen-bond acceptors (Lipinski definition) is 3. The Kier molecular flexibility index (Phi) is 6.36. The van der Waals surface area contributed by atoms with Crippen molar-refractivity contribution in [3.8, 4) is 0 Å². The molecule has 0 saturated heterocycles. The lowest BCUT2D eigenvalue weighted by Gasteiger charge is -2.20. The molecule has 0 radical (unpaired) electrons. The molecule has 4 nitrogen and oxygen atoms in total. The zero-order valence-electron chi connectivity index (χ0n) is 10.4. The second kappa shape index (κ2) is 7.11. The summed E-state index contributed by atoms with van der Waals surface area (Å²) in [7, 11) is -0.803. The van der Waals surface area contributed by atoms with Gasteiger partial charge in [0, 0.05) is 25.7 Å². The zero-order chi connectivity index (χ0) is 14.6. The molecule has 8 heteroatoms. The van der Waals surface area contributed by atoms with Crippen molar-refractivity contribution in [2.75, 3.05) is 27.3 Å². The highest BCUT2D eigenvalue weighted by molar-refractivity contribution is 7.89. The first kappa shape index (κ1) is 17.0. The van der Waals surface area contributed by atoms with Crippen molar-refractivity contribution >= 4 is 44.8 Å². The summed E-state index contributed by atoms with van der Waals surface area (Å²) >= 11 is 17.6. The highest BCUT2D eigenvalue weighted by Crippen LogP contribution is 2.27. The SMILES string of the molecule is COCC(Cl)CN(C)S(=O)(=O)c1cc(Cl)ccc1Cl. The quantitative estimate of drug-likeness (QED) is 0.744. The number of hydrogen-bond donors (Lipinski definition) is 0. The Morgan fingerprint density at radius 3 is 2.58 bits per heavy atom. The summed E-state index contributed by atoms with van der Waals surface area (Å²) in [5.41, 5.74) is 0. The molecule has 0 fully saturated rings. The Hall–Kier alpha value is -0.0400. The predicted molar refractivity (Wildman–Crippen MR) is 77.8 cm³/mol. The Balaban J connectivity index is 3.00. The fourth-order valence-corrected chi connectivity index (χ4v) is 3.82. The molecule has 1 aromatic carbocycles. The molecule has 108 valence electrons. The van der Waals surface area contributed by atoms with Crippen LogP contribution in [-0.2, 0) is 14.8 Å². The van der Waals surface area contributed by atoms with Gasteiger partial charge in [-0.3, -0.25) is 0 Å². The van der Waals surface area contributed by atoms with E-state index in [1.807, 2.05) is 0 Å². The maximum atomic E-state index is 12.3. The molecule has 1 atom stereocenters. The van der Waals surface area contributed by atoms with Crippen LogP contribution in [0.5, 0.6) is 0 Å². The number of nitrogens with zero attached hydrogens (tertiary/aromatic N) is 1. The Morgan fingerprint density at radius 1 is 1.37 bits per heavy atom. The summed E-state index contributed by atoms with van der Waals surface area (Å²) in [5, 5.41) is -0.0208. The number of rotatable bonds is 6. The van der Waals surface area contributed by atoms with Crippen molar-refractivity contribution in [1.29, 1.82) is 0 Å². The molecule has 0 aliphatic carbocycles. The fourth-order valence-electron chi connectivity index (χ4n) is 1.45. The molecule has 0 amide bonds. The van der Waals surface area contributed by atoms with Gasteiger partial charge in [0.1, 0.15) is 4.90 Å². The van der Waals surface area contributed by atoms with Crippen molar-refractivity contribution in [2.45, 2.75) is 10.3 Å². The summed E-state index contributed by atoms with van der Waals surface area (Å²) in [6.07, 6.45) is 0. The smallest absolute Gasteiger partial charge is 0.244 e. The first-order valence-electron chi connectivity index (χ1n) is 5.33. The molecule has 0 heterocycles. The molecular formula is C11H14Cl3NO3S. The van der Waals surface area contributed by atoms with Crippen LogP contribution in [0.3, 0.4) is 0 Å². The van der Waals surface area contributed by atoms with Gasteiger partial charge in [-0.15, -0.1) is 11.6 Å². The van der Waals surface area contributed by atoms with Crippen LogP contribution >= 0.6 is 34.8 Å². The third-order valence-corrected chi connectivity index (χ3v) is 5.19. The van der Waals surface area contributed by atoms with Gasteiger partial charge in [-0.1, -0.05) is 23.2 Å². The van der Waals surface area contributed by atoms with Gasteiger partial charge in [0.05, 0.1) is 17.0 Å². The molecule has 1 aromatic rings. The zero-order valence-corrected chi connectivity index (χ0v) is 13.5. The third-order valence-electron chi connectivity index (χ3n) is 2.38. The Labute approximate surface area is 128 Å². The van der Waals surface area contributed by atoms with Crippen molar-refractivity contribution < 1.29 is 13.2 Å². The molecule has 0 saturated carbocycles. The molecule has 0 aliphatic rings. The van der Waals surface area contributed by atoms with Gasteiger partial charge in [-0.05, 0) is 18.2 Å². The van der Waals surface area contributed by atoms with E-state index in [1.54, 1.807) is 0 Å². The van der Waals surface area contributed by atoms with E-state index in [0.717, 1.165) is 4.31 Å². The largest absolute Gasteiger partial charge is 0.383 e. The first-order valence-corrected chi connectivity index (χ1v) is 7.96. The highest BCUT2D eigenvalue weighted by Gasteiger charge is 2.25. The van der Waals surface area contributed by atoms with Gasteiger partial charge in [-0.25, -0.2) is 8.42 Å². The van der Waals surface area contributed by atoms with Gasteiger partial charge in [-0.2, -0.15) is 4.31 Å². The minimum Gasteiger partial charge on any atom is -0.383 e. The van der Waals surface area contributed by atoms with E-state index in [1.165, 1.54) is 32.4 Å². The van der Waals surface area contributed by atoms with Gasteiger partial charge >= 0.3 is 0 Å². The average molecular weight is 347 g/mol. The third kappa shape index (κ3) is 4.48. The lowest BCUT2D eigenvalue weighted by Crippen LogP contribution is -2.34. The highest BCUT2D eigenvalue weighted by atomic mass is 35.5. The van der Waals surface area contributed by atoms with Crippen LogP contribution in [0, 0.1) is 0 Å². The minimum absolute atomic E-state index is 0.0366. The number of sulfonamides is 1. The molecule has 0 aliphatic heterocycles. The van der Waals surface area contributed by atoms with Gasteiger partial charge in [0.25, 0.3) is 0 Å². The number of alkyl halides is 1. The second-order valence-electron chi connectivity index (χ2n) is 3.91. The maximum absolute atomic E-state index is 12.3. The number of methoxy groups -OCH3 is 1. The molecule has 0 spiro atoms. The molecule has 0 N–H and O–H groups in total. The fraction of sp³-hybridized carbons (Fsp3) is 0.455. The van der Waals surface area contributed by atoms with Crippen LogP contribution in [0.15, 0.2) is 23.1 Å². The van der Waals surface area contributed by atoms with E-state index in [0.29, 0.717) is 5.02 Å². The van der Waals surface area contributed by atoms with Gasteiger partial charge in [0.15, 0.2) is 0 Å². The maximum Gasteiger partial charge on any atom is 0.244 e. The predicted octanol–water partition coefficient (Wildman–Crippen LogP) is 2.87. The van der Waals surface area contributed by atoms with E-state index < -0.39 is 15.4 Å². The monoisotopic (exact) mass is 345 g/mol. The summed E-state index contributed by atoms with van der Waals surface area (Å²) in [4.78, 5) is -0.0366. The van der Waals surface area contributed by atoms with Crippen molar-refractivity contribution in [1.82, 2.24) is 4.31 Å². The van der Waals surface area contributed by atoms with E-state index in [9.17, 15) is 8.42 Å². The van der Waals surface area contributed by atoms with Gasteiger partial charge in [0.2, 0.25) is 10.0 Å². The van der Waals surface area contributed by atoms with Crippen LogP contribution in [0.1, 0.15) is 0 Å². The molecule has 19 heavy (non-hydrogen) atoms. The minimum atomic E-state index is -3.73. The van der Waals surface area contributed by atoms with Crippen LogP contribution in [0.25, 0.3) is 0 Å². The lowest BCUT2D eigenvalue weighted by molar-refractivity contribution is 0.192. The number of halogens is 3. The van der Waals surface area contributed by atoms with Crippen LogP contribution in [0.4, 0.5) is 0 Å². The lowest BCUT2D eigenvalue weighted by atomic mass is 10.4. The normalized spacial score (nSPS) is 13.8. The molecule has 0 bridgehead atoms. The van der Waals surface area contributed by atoms with Crippen LogP contribution in [-0.4, -0.2) is 45.4 Å². The average Bonchev–Trinajstić information content (AvgIpc) is 2.32. The van der Waals surface area contributed by atoms with Crippen LogP contribution in [0.2, 0.25) is 10.0 Å². The standard InChI is InChI=1S/C11H14Cl3NO3S/c1-15(6-9(13)7-18-2)19(16,17)11-5-8(12)3-4-10(11)14/h3-5,9H,6-7H2,1-2H3. The summed E-state index contributed by atoms with van der Waals surface area (Å²) in [6.45, 7) is 0.366. The van der Waals surface area contributed by atoms with Gasteiger partial charge < -0.3 is 4.74 Å². The number of benzene rings is 1. The molecule has 1 unspecified atom stereocenters. The summed E-state index contributed by atoms with van der Waals surface area (Å²) < 4.78 is 30.6. The Morgan fingerprint density at radius 2 is 2.00 bits per heavy atom. The van der Waals surface area contributed by atoms with Crippen molar-refractivity contribution in [3.05, 3.63) is 28.2 Å². The van der Waals surface area contributed by atoms with E-state index in [-0.39, 0.29) is 23.1 Å². The van der Waals surface area contributed by atoms with Crippen LogP contribution < -0.4 is 0 Å². The molecular weight excluding hydrogens is 333 g/mol. The van der Waals surface area contributed by atoms with Crippen molar-refractivity contribution in [2.24, 2.45) is 0 Å². The topological polar surface area (TPSA) is 46.6 Å². The first-order chi connectivity index (χ1) is 8.78. The summed E-state index contributed by atoms with van der Waals surface area (Å²) in [6, 6.07) is 4.28. The molecule has 0 aromatic heterocycles. The van der Waals surface area contributed by atoms with E-state index >= 15 is 0 Å². The molecule has 1 rings (SSSR count). The van der Waals surface area contributed by atoms with E-state index in [4.69, 9.17) is 39.5 Å². The van der Waals surface area contributed by atoms with Crippen molar-refractivity contribution in [3.63, 3.8) is 0 Å². The Bertz CT molecular complexity index is 536. The summed E-state index contributed by atoms with van der Waals surface area (Å²) in [5.74, 6) is 0.